The summed E-state index contributed by atoms with van der Waals surface area (Å²) in [4.78, 5) is 39.1. The van der Waals surface area contributed by atoms with E-state index in [1.54, 1.807) is 4.90 Å². The molecule has 0 aromatic heterocycles. The van der Waals surface area contributed by atoms with E-state index in [0.717, 1.165) is 36.1 Å². The normalized spacial score (nSPS) is 17.0. The first-order chi connectivity index (χ1) is 15.1. The SMILES string of the molecule is O=C(Nc1cccc(CNC(=O)N2CCC(C(=O)c3ccccc3)CC2)c1)C1CCC1. The highest BCUT2D eigenvalue weighted by Crippen LogP contribution is 2.27. The number of likely N-dealkylation sites (tertiary alicyclic amines) is 1. The van der Waals surface area contributed by atoms with Crippen molar-refractivity contribution in [3.63, 3.8) is 0 Å². The summed E-state index contributed by atoms with van der Waals surface area (Å²) in [7, 11) is 0. The van der Waals surface area contributed by atoms with E-state index < -0.39 is 0 Å². The maximum atomic E-state index is 12.6. The number of amides is 3. The standard InChI is InChI=1S/C25H29N3O3/c29-23(19-7-2-1-3-8-19)20-12-14-28(15-13-20)25(31)26-17-18-6-4-11-22(16-18)27-24(30)21-9-5-10-21/h1-4,6-8,11,16,20-21H,5,9-10,12-15,17H2,(H,26,31)(H,27,30). The van der Waals surface area contributed by atoms with Crippen LogP contribution in [0.15, 0.2) is 54.6 Å². The van der Waals surface area contributed by atoms with Gasteiger partial charge in [-0.05, 0) is 43.4 Å². The average molecular weight is 420 g/mol. The van der Waals surface area contributed by atoms with Gasteiger partial charge in [0.1, 0.15) is 0 Å². The van der Waals surface area contributed by atoms with Gasteiger partial charge in [-0.3, -0.25) is 9.59 Å². The van der Waals surface area contributed by atoms with Crippen LogP contribution in [0.4, 0.5) is 10.5 Å². The second-order valence-corrected chi connectivity index (χ2v) is 8.47. The fraction of sp³-hybridized carbons (Fsp3) is 0.400. The molecule has 6 heteroatoms. The minimum absolute atomic E-state index is 0.0255. The van der Waals surface area contributed by atoms with Gasteiger partial charge >= 0.3 is 6.03 Å². The number of benzene rings is 2. The Balaban J connectivity index is 1.24. The Morgan fingerprint density at radius 2 is 1.61 bits per heavy atom. The molecule has 162 valence electrons. The van der Waals surface area contributed by atoms with Crippen LogP contribution in [-0.2, 0) is 11.3 Å². The van der Waals surface area contributed by atoms with Crippen molar-refractivity contribution < 1.29 is 14.4 Å². The van der Waals surface area contributed by atoms with Crippen LogP contribution in [0.5, 0.6) is 0 Å². The zero-order valence-electron chi connectivity index (χ0n) is 17.7. The molecule has 0 radical (unpaired) electrons. The lowest BCUT2D eigenvalue weighted by molar-refractivity contribution is -0.122. The van der Waals surface area contributed by atoms with E-state index in [4.69, 9.17) is 0 Å². The number of urea groups is 1. The van der Waals surface area contributed by atoms with E-state index in [9.17, 15) is 14.4 Å². The molecule has 0 unspecified atom stereocenters. The lowest BCUT2D eigenvalue weighted by atomic mass is 9.85. The van der Waals surface area contributed by atoms with E-state index in [0.29, 0.717) is 32.5 Å². The number of carbonyl (C=O) groups is 3. The molecule has 0 spiro atoms. The first-order valence-electron chi connectivity index (χ1n) is 11.1. The Morgan fingerprint density at radius 1 is 0.871 bits per heavy atom. The van der Waals surface area contributed by atoms with Crippen molar-refractivity contribution in [2.75, 3.05) is 18.4 Å². The molecule has 1 aliphatic carbocycles. The Bertz CT molecular complexity index is 932. The van der Waals surface area contributed by atoms with Crippen LogP contribution in [0, 0.1) is 11.8 Å². The third-order valence-electron chi connectivity index (χ3n) is 6.33. The quantitative estimate of drug-likeness (QED) is 0.688. The predicted octanol–water partition coefficient (Wildman–Crippen LogP) is 4.23. The summed E-state index contributed by atoms with van der Waals surface area (Å²) < 4.78 is 0. The van der Waals surface area contributed by atoms with Gasteiger partial charge in [-0.15, -0.1) is 0 Å². The van der Waals surface area contributed by atoms with Gasteiger partial charge in [-0.25, -0.2) is 4.79 Å². The van der Waals surface area contributed by atoms with Crippen molar-refractivity contribution in [1.82, 2.24) is 10.2 Å². The summed E-state index contributed by atoms with van der Waals surface area (Å²) in [6.45, 7) is 1.55. The van der Waals surface area contributed by atoms with Gasteiger partial charge in [0.15, 0.2) is 5.78 Å². The highest BCUT2D eigenvalue weighted by atomic mass is 16.2. The van der Waals surface area contributed by atoms with Crippen LogP contribution in [0.25, 0.3) is 0 Å². The van der Waals surface area contributed by atoms with Crippen molar-refractivity contribution in [2.24, 2.45) is 11.8 Å². The number of nitrogens with zero attached hydrogens (tertiary/aromatic N) is 1. The van der Waals surface area contributed by atoms with Gasteiger partial charge in [0.25, 0.3) is 0 Å². The molecule has 1 heterocycles. The molecule has 4 rings (SSSR count). The summed E-state index contributed by atoms with van der Waals surface area (Å²) in [5.41, 5.74) is 2.45. The second kappa shape index (κ2) is 9.77. The van der Waals surface area contributed by atoms with Gasteiger partial charge in [-0.1, -0.05) is 48.9 Å². The number of Topliss-reactive ketones (excluding diaryl/α,β-unsaturated/α-hetero) is 1. The summed E-state index contributed by atoms with van der Waals surface area (Å²) in [5, 5.41) is 5.93. The van der Waals surface area contributed by atoms with Crippen molar-refractivity contribution in [2.45, 2.75) is 38.6 Å². The number of nitrogens with one attached hydrogen (secondary N) is 2. The summed E-state index contributed by atoms with van der Waals surface area (Å²) in [6, 6.07) is 16.8. The van der Waals surface area contributed by atoms with Crippen molar-refractivity contribution in [3.05, 3.63) is 65.7 Å². The zero-order chi connectivity index (χ0) is 21.6. The van der Waals surface area contributed by atoms with Crippen LogP contribution in [0.1, 0.15) is 48.0 Å². The summed E-state index contributed by atoms with van der Waals surface area (Å²) in [6.07, 6.45) is 4.43. The number of carbonyl (C=O) groups excluding carboxylic acids is 3. The average Bonchev–Trinajstić information content (AvgIpc) is 2.77. The van der Waals surface area contributed by atoms with E-state index in [2.05, 4.69) is 10.6 Å². The van der Waals surface area contributed by atoms with Gasteiger partial charge < -0.3 is 15.5 Å². The van der Waals surface area contributed by atoms with Gasteiger partial charge in [0.05, 0.1) is 0 Å². The topological polar surface area (TPSA) is 78.5 Å². The Labute approximate surface area is 183 Å². The number of hydrogen-bond acceptors (Lipinski definition) is 3. The van der Waals surface area contributed by atoms with Crippen LogP contribution in [-0.4, -0.2) is 35.7 Å². The van der Waals surface area contributed by atoms with E-state index >= 15 is 0 Å². The minimum Gasteiger partial charge on any atom is -0.334 e. The molecular weight excluding hydrogens is 390 g/mol. The largest absolute Gasteiger partial charge is 0.334 e. The van der Waals surface area contributed by atoms with Crippen LogP contribution in [0.3, 0.4) is 0 Å². The predicted molar refractivity (Wildman–Crippen MR) is 120 cm³/mol. The third-order valence-corrected chi connectivity index (χ3v) is 6.33. The molecule has 1 saturated carbocycles. The molecule has 2 fully saturated rings. The first kappa shape index (κ1) is 21.1. The number of piperidine rings is 1. The lowest BCUT2D eigenvalue weighted by Gasteiger charge is -2.31. The number of hydrogen-bond donors (Lipinski definition) is 2. The highest BCUT2D eigenvalue weighted by molar-refractivity contribution is 5.98. The lowest BCUT2D eigenvalue weighted by Crippen LogP contribution is -2.45. The molecule has 1 saturated heterocycles. The Kier molecular flexibility index (Phi) is 6.65. The third kappa shape index (κ3) is 5.32. The van der Waals surface area contributed by atoms with Gasteiger partial charge in [0.2, 0.25) is 5.91 Å². The maximum absolute atomic E-state index is 12.6. The molecule has 0 atom stereocenters. The smallest absolute Gasteiger partial charge is 0.317 e. The number of rotatable bonds is 6. The minimum atomic E-state index is -0.116. The van der Waals surface area contributed by atoms with Gasteiger partial charge in [-0.2, -0.15) is 0 Å². The monoisotopic (exact) mass is 419 g/mol. The van der Waals surface area contributed by atoms with Gasteiger partial charge in [0, 0.05) is 42.7 Å². The van der Waals surface area contributed by atoms with Crippen LogP contribution >= 0.6 is 0 Å². The fourth-order valence-electron chi connectivity index (χ4n) is 4.15. The molecule has 2 aromatic carbocycles. The molecule has 0 bridgehead atoms. The maximum Gasteiger partial charge on any atom is 0.317 e. The Morgan fingerprint density at radius 3 is 2.29 bits per heavy atom. The molecule has 2 aliphatic rings. The molecule has 3 amide bonds. The summed E-state index contributed by atoms with van der Waals surface area (Å²) >= 11 is 0. The van der Waals surface area contributed by atoms with Crippen molar-refractivity contribution >= 4 is 23.4 Å². The van der Waals surface area contributed by atoms with E-state index in [1.807, 2.05) is 54.6 Å². The number of anilines is 1. The molecule has 2 aromatic rings. The van der Waals surface area contributed by atoms with Crippen LogP contribution < -0.4 is 10.6 Å². The summed E-state index contributed by atoms with van der Waals surface area (Å²) in [5.74, 6) is 0.365. The Hall–Kier alpha value is -3.15. The second-order valence-electron chi connectivity index (χ2n) is 8.47. The van der Waals surface area contributed by atoms with Crippen molar-refractivity contribution in [3.8, 4) is 0 Å². The van der Waals surface area contributed by atoms with E-state index in [-0.39, 0.29) is 29.6 Å². The molecule has 6 nitrogen and oxygen atoms in total. The molecular formula is C25H29N3O3. The molecule has 31 heavy (non-hydrogen) atoms. The molecule has 1 aliphatic heterocycles. The molecule has 2 N–H and O–H groups in total. The highest BCUT2D eigenvalue weighted by Gasteiger charge is 2.28. The van der Waals surface area contributed by atoms with Crippen molar-refractivity contribution in [1.29, 1.82) is 0 Å². The fourth-order valence-corrected chi connectivity index (χ4v) is 4.15. The van der Waals surface area contributed by atoms with E-state index in [1.165, 1.54) is 0 Å². The first-order valence-corrected chi connectivity index (χ1v) is 11.1. The van der Waals surface area contributed by atoms with Crippen LogP contribution in [0.2, 0.25) is 0 Å². The number of ketones is 1. The zero-order valence-corrected chi connectivity index (χ0v) is 17.7.